The summed E-state index contributed by atoms with van der Waals surface area (Å²) in [6.45, 7) is 3.95. The number of carbonyl (C=O) groups excluding carboxylic acids is 3. The number of carbonyl (C=O) groups is 3. The van der Waals surface area contributed by atoms with Crippen molar-refractivity contribution in [2.45, 2.75) is 6.42 Å². The minimum Gasteiger partial charge on any atom is -0.379 e. The molecule has 1 rings (SSSR count). The summed E-state index contributed by atoms with van der Waals surface area (Å²) in [5.74, 6) is -1.05. The van der Waals surface area contributed by atoms with E-state index in [2.05, 4.69) is 15.3 Å². The number of rotatable bonds is 18. The van der Waals surface area contributed by atoms with Crippen LogP contribution < -0.4 is 5.32 Å². The van der Waals surface area contributed by atoms with Crippen molar-refractivity contribution in [1.82, 2.24) is 10.2 Å². The number of ether oxygens (including phenoxy) is 4. The average molecular weight is 413 g/mol. The van der Waals surface area contributed by atoms with E-state index in [1.54, 1.807) is 0 Å². The lowest BCUT2D eigenvalue weighted by molar-refractivity contribution is -0.137. The van der Waals surface area contributed by atoms with Crippen LogP contribution in [0.1, 0.15) is 6.42 Å². The monoisotopic (exact) mass is 413 g/mol. The first kappa shape index (κ1) is 24.5. The van der Waals surface area contributed by atoms with E-state index in [0.717, 1.165) is 4.90 Å². The zero-order valence-corrected chi connectivity index (χ0v) is 16.3. The number of amides is 3. The van der Waals surface area contributed by atoms with Gasteiger partial charge in [-0.3, -0.25) is 19.3 Å². The predicted molar refractivity (Wildman–Crippen MR) is 101 cm³/mol. The van der Waals surface area contributed by atoms with E-state index in [9.17, 15) is 14.4 Å². The topological polar surface area (TPSA) is 152 Å². The van der Waals surface area contributed by atoms with Crippen molar-refractivity contribution < 1.29 is 33.3 Å². The van der Waals surface area contributed by atoms with E-state index < -0.39 is 11.8 Å². The number of nitrogens with zero attached hydrogens (tertiary/aromatic N) is 4. The molecule has 12 heteroatoms. The molecule has 0 spiro atoms. The van der Waals surface area contributed by atoms with Gasteiger partial charge in [-0.2, -0.15) is 0 Å². The molecule has 0 aromatic rings. The highest BCUT2D eigenvalue weighted by Crippen LogP contribution is 2.03. The average Bonchev–Trinajstić information content (AvgIpc) is 3.03. The summed E-state index contributed by atoms with van der Waals surface area (Å²) < 4.78 is 21.1. The molecule has 0 aliphatic carbocycles. The Labute approximate surface area is 168 Å². The summed E-state index contributed by atoms with van der Waals surface area (Å²) >= 11 is 0. The van der Waals surface area contributed by atoms with Crippen molar-refractivity contribution in [2.75, 3.05) is 72.5 Å². The lowest BCUT2D eigenvalue weighted by Crippen LogP contribution is -2.35. The van der Waals surface area contributed by atoms with Crippen molar-refractivity contribution in [3.63, 3.8) is 0 Å². The van der Waals surface area contributed by atoms with Crippen LogP contribution in [-0.2, 0) is 33.3 Å². The third-order valence-electron chi connectivity index (χ3n) is 3.55. The maximum absolute atomic E-state index is 11.7. The molecule has 0 saturated carbocycles. The predicted octanol–water partition coefficient (Wildman–Crippen LogP) is -0.206. The highest BCUT2D eigenvalue weighted by atomic mass is 16.6. The molecule has 0 radical (unpaired) electrons. The normalized spacial score (nSPS) is 13.0. The van der Waals surface area contributed by atoms with E-state index in [0.29, 0.717) is 65.9 Å². The zero-order valence-electron chi connectivity index (χ0n) is 16.3. The molecule has 1 aliphatic heterocycles. The van der Waals surface area contributed by atoms with Crippen LogP contribution in [0, 0.1) is 0 Å². The summed E-state index contributed by atoms with van der Waals surface area (Å²) in [7, 11) is 0. The van der Waals surface area contributed by atoms with Crippen molar-refractivity contribution in [3.8, 4) is 0 Å². The molecule has 162 valence electrons. The van der Waals surface area contributed by atoms with Gasteiger partial charge in [0.2, 0.25) is 5.91 Å². The number of azide groups is 1. The molecule has 3 amide bonds. The smallest absolute Gasteiger partial charge is 0.253 e. The standard InChI is InChI=1S/C17H27N5O7/c18-21-20-5-8-27-10-12-29-14-13-28-11-9-26-7-4-19-15(23)3-6-22-16(24)1-2-17(22)25/h1-2H,3-14H2,(H,19,23). The van der Waals surface area contributed by atoms with Crippen molar-refractivity contribution in [1.29, 1.82) is 0 Å². The molecule has 1 N–H and O–H groups in total. The second kappa shape index (κ2) is 16.5. The number of hydrogen-bond acceptors (Lipinski definition) is 8. The van der Waals surface area contributed by atoms with Crippen molar-refractivity contribution >= 4 is 17.7 Å². The van der Waals surface area contributed by atoms with Crippen LogP contribution in [0.2, 0.25) is 0 Å². The summed E-state index contributed by atoms with van der Waals surface area (Å²) in [4.78, 5) is 38.0. The van der Waals surface area contributed by atoms with Crippen molar-refractivity contribution in [2.24, 2.45) is 5.11 Å². The highest BCUT2D eigenvalue weighted by Gasteiger charge is 2.23. The van der Waals surface area contributed by atoms with E-state index in [1.807, 2.05) is 0 Å². The Kier molecular flexibility index (Phi) is 13.9. The first-order chi connectivity index (χ1) is 14.1. The van der Waals surface area contributed by atoms with Gasteiger partial charge >= 0.3 is 0 Å². The lowest BCUT2D eigenvalue weighted by atomic mass is 10.3. The summed E-state index contributed by atoms with van der Waals surface area (Å²) in [6.07, 6.45) is 2.43. The fourth-order valence-electron chi connectivity index (χ4n) is 2.13. The van der Waals surface area contributed by atoms with Gasteiger partial charge in [0.25, 0.3) is 11.8 Å². The molecule has 0 unspecified atom stereocenters. The van der Waals surface area contributed by atoms with Gasteiger partial charge in [0, 0.05) is 43.1 Å². The van der Waals surface area contributed by atoms with Crippen LogP contribution in [0.25, 0.3) is 10.4 Å². The van der Waals surface area contributed by atoms with E-state index >= 15 is 0 Å². The largest absolute Gasteiger partial charge is 0.379 e. The van der Waals surface area contributed by atoms with E-state index in [1.165, 1.54) is 12.2 Å². The van der Waals surface area contributed by atoms with Gasteiger partial charge in [0.1, 0.15) is 0 Å². The third-order valence-corrected chi connectivity index (χ3v) is 3.55. The van der Waals surface area contributed by atoms with Crippen LogP contribution in [-0.4, -0.2) is 95.1 Å². The fourth-order valence-corrected chi connectivity index (χ4v) is 2.13. The van der Waals surface area contributed by atoms with E-state index in [4.69, 9.17) is 24.5 Å². The Morgan fingerprint density at radius 2 is 1.45 bits per heavy atom. The maximum atomic E-state index is 11.7. The van der Waals surface area contributed by atoms with Crippen LogP contribution in [0.4, 0.5) is 0 Å². The SMILES string of the molecule is [N-]=[N+]=NCCOCCOCCOCCOCCNC(=O)CCN1C(=O)C=CC1=O. The molecule has 12 nitrogen and oxygen atoms in total. The molecular weight excluding hydrogens is 386 g/mol. The first-order valence-corrected chi connectivity index (χ1v) is 9.27. The molecule has 0 aromatic heterocycles. The summed E-state index contributed by atoms with van der Waals surface area (Å²) in [5, 5.41) is 5.99. The second-order valence-electron chi connectivity index (χ2n) is 5.67. The molecular formula is C17H27N5O7. The Balaban J connectivity index is 1.79. The number of nitrogens with one attached hydrogen (secondary N) is 1. The Hall–Kier alpha value is -2.50. The number of hydrogen-bond donors (Lipinski definition) is 1. The van der Waals surface area contributed by atoms with Gasteiger partial charge in [0.05, 0.1) is 52.9 Å². The highest BCUT2D eigenvalue weighted by molar-refractivity contribution is 6.13. The summed E-state index contributed by atoms with van der Waals surface area (Å²) in [6, 6.07) is 0. The van der Waals surface area contributed by atoms with Crippen LogP contribution >= 0.6 is 0 Å². The molecule has 0 bridgehead atoms. The Morgan fingerprint density at radius 1 is 0.931 bits per heavy atom. The van der Waals surface area contributed by atoms with Gasteiger partial charge < -0.3 is 24.3 Å². The van der Waals surface area contributed by atoms with Crippen molar-refractivity contribution in [3.05, 3.63) is 22.6 Å². The molecule has 0 saturated heterocycles. The third kappa shape index (κ3) is 12.5. The zero-order chi connectivity index (χ0) is 21.2. The Bertz CT molecular complexity index is 575. The van der Waals surface area contributed by atoms with Crippen LogP contribution in [0.15, 0.2) is 17.3 Å². The molecule has 0 fully saturated rings. The van der Waals surface area contributed by atoms with Crippen LogP contribution in [0.5, 0.6) is 0 Å². The van der Waals surface area contributed by atoms with Gasteiger partial charge in [-0.25, -0.2) is 0 Å². The van der Waals surface area contributed by atoms with Gasteiger partial charge in [-0.05, 0) is 5.53 Å². The van der Waals surface area contributed by atoms with Gasteiger partial charge in [-0.15, -0.1) is 0 Å². The minimum absolute atomic E-state index is 0.0567. The molecule has 0 atom stereocenters. The fraction of sp³-hybridized carbons (Fsp3) is 0.706. The van der Waals surface area contributed by atoms with Gasteiger partial charge in [-0.1, -0.05) is 5.11 Å². The molecule has 0 aromatic carbocycles. The number of imide groups is 1. The Morgan fingerprint density at radius 3 is 2.00 bits per heavy atom. The summed E-state index contributed by atoms with van der Waals surface area (Å²) in [5.41, 5.74) is 8.08. The first-order valence-electron chi connectivity index (χ1n) is 9.27. The second-order valence-corrected chi connectivity index (χ2v) is 5.67. The molecule has 1 heterocycles. The maximum Gasteiger partial charge on any atom is 0.253 e. The molecule has 29 heavy (non-hydrogen) atoms. The lowest BCUT2D eigenvalue weighted by Gasteiger charge is -2.13. The van der Waals surface area contributed by atoms with Crippen LogP contribution in [0.3, 0.4) is 0 Å². The molecule has 1 aliphatic rings. The minimum atomic E-state index is -0.396. The quantitative estimate of drug-likeness (QED) is 0.107. The van der Waals surface area contributed by atoms with Gasteiger partial charge in [0.15, 0.2) is 0 Å². The van der Waals surface area contributed by atoms with E-state index in [-0.39, 0.29) is 18.9 Å².